The van der Waals surface area contributed by atoms with Crippen LogP contribution in [0.1, 0.15) is 27.9 Å². The molecular weight excluding hydrogens is 366 g/mol. The molecule has 2 aromatic carbocycles. The molecular formula is C20H16F2N4S. The Kier molecular flexibility index (Phi) is 4.61. The van der Waals surface area contributed by atoms with Gasteiger partial charge in [-0.3, -0.25) is 4.40 Å². The second kappa shape index (κ2) is 7.08. The van der Waals surface area contributed by atoms with Gasteiger partial charge < -0.3 is 0 Å². The van der Waals surface area contributed by atoms with Crippen LogP contribution in [0.15, 0.2) is 59.8 Å². The summed E-state index contributed by atoms with van der Waals surface area (Å²) < 4.78 is 28.7. The third kappa shape index (κ3) is 3.55. The van der Waals surface area contributed by atoms with E-state index in [0.29, 0.717) is 5.16 Å². The summed E-state index contributed by atoms with van der Waals surface area (Å²) in [5.74, 6) is 0.185. The smallest absolute Gasteiger partial charge is 0.197 e. The van der Waals surface area contributed by atoms with E-state index in [0.717, 1.165) is 28.3 Å². The van der Waals surface area contributed by atoms with Crippen LogP contribution in [0.4, 0.5) is 8.78 Å². The Balaban J connectivity index is 1.80. The largest absolute Gasteiger partial charge is 0.258 e. The van der Waals surface area contributed by atoms with Gasteiger partial charge in [-0.2, -0.15) is 0 Å². The number of halogens is 2. The molecule has 136 valence electrons. The monoisotopic (exact) mass is 382 g/mol. The maximum atomic E-state index is 13.4. The van der Waals surface area contributed by atoms with E-state index in [1.807, 2.05) is 24.3 Å². The number of aromatic nitrogens is 4. The van der Waals surface area contributed by atoms with Crippen LogP contribution in [0.3, 0.4) is 0 Å². The van der Waals surface area contributed by atoms with Crippen LogP contribution in [0, 0.1) is 25.5 Å². The average molecular weight is 382 g/mol. The topological polar surface area (TPSA) is 43.1 Å². The summed E-state index contributed by atoms with van der Waals surface area (Å²) in [6.45, 7) is 3.81. The van der Waals surface area contributed by atoms with Gasteiger partial charge in [0.05, 0.1) is 5.25 Å². The van der Waals surface area contributed by atoms with Crippen molar-refractivity contribution < 1.29 is 8.78 Å². The Morgan fingerprint density at radius 1 is 0.852 bits per heavy atom. The number of benzene rings is 2. The molecule has 0 aliphatic rings. The van der Waals surface area contributed by atoms with Crippen molar-refractivity contribution in [3.8, 4) is 0 Å². The second-order valence-corrected chi connectivity index (χ2v) is 7.29. The van der Waals surface area contributed by atoms with Crippen molar-refractivity contribution in [1.82, 2.24) is 19.6 Å². The van der Waals surface area contributed by atoms with Crippen molar-refractivity contribution in [2.24, 2.45) is 0 Å². The molecule has 0 unspecified atom stereocenters. The first-order chi connectivity index (χ1) is 13.0. The molecule has 0 N–H and O–H groups in total. The van der Waals surface area contributed by atoms with Gasteiger partial charge in [-0.05, 0) is 49.2 Å². The summed E-state index contributed by atoms with van der Waals surface area (Å²) in [6, 6.07) is 14.5. The standard InChI is InChI=1S/C20H16F2N4S/c1-12-11-18-24-25-20(26(18)13(2)23-12)27-19(14-3-7-16(21)8-4-14)15-5-9-17(22)10-6-15/h3-11,19H,1-2H3. The van der Waals surface area contributed by atoms with E-state index in [2.05, 4.69) is 15.2 Å². The normalized spacial score (nSPS) is 11.4. The molecule has 27 heavy (non-hydrogen) atoms. The summed E-state index contributed by atoms with van der Waals surface area (Å²) in [5.41, 5.74) is 3.38. The Morgan fingerprint density at radius 3 is 1.96 bits per heavy atom. The minimum absolute atomic E-state index is 0.195. The maximum Gasteiger partial charge on any atom is 0.197 e. The van der Waals surface area contributed by atoms with Gasteiger partial charge in [0.1, 0.15) is 17.5 Å². The summed E-state index contributed by atoms with van der Waals surface area (Å²) in [5, 5.41) is 9.03. The lowest BCUT2D eigenvalue weighted by atomic mass is 10.0. The molecule has 4 nitrogen and oxygen atoms in total. The second-order valence-electron chi connectivity index (χ2n) is 6.22. The number of nitrogens with zero attached hydrogens (tertiary/aromatic N) is 4. The molecule has 0 spiro atoms. The van der Waals surface area contributed by atoms with Gasteiger partial charge in [0.2, 0.25) is 0 Å². The van der Waals surface area contributed by atoms with Crippen molar-refractivity contribution in [3.05, 3.63) is 88.9 Å². The molecule has 2 heterocycles. The van der Waals surface area contributed by atoms with E-state index < -0.39 is 0 Å². The van der Waals surface area contributed by atoms with Crippen LogP contribution in [0.2, 0.25) is 0 Å². The molecule has 0 aliphatic carbocycles. The minimum Gasteiger partial charge on any atom is -0.258 e. The lowest BCUT2D eigenvalue weighted by Gasteiger charge is -2.17. The van der Waals surface area contributed by atoms with Crippen molar-refractivity contribution in [1.29, 1.82) is 0 Å². The highest BCUT2D eigenvalue weighted by atomic mass is 32.2. The molecule has 0 radical (unpaired) electrons. The Labute approximate surface area is 159 Å². The van der Waals surface area contributed by atoms with Crippen molar-refractivity contribution >= 4 is 17.4 Å². The van der Waals surface area contributed by atoms with Gasteiger partial charge in [0, 0.05) is 11.8 Å². The zero-order valence-corrected chi connectivity index (χ0v) is 15.5. The van der Waals surface area contributed by atoms with Crippen LogP contribution in [-0.2, 0) is 0 Å². The number of thioether (sulfide) groups is 1. The van der Waals surface area contributed by atoms with E-state index >= 15 is 0 Å². The van der Waals surface area contributed by atoms with E-state index in [9.17, 15) is 8.78 Å². The van der Waals surface area contributed by atoms with Crippen LogP contribution >= 0.6 is 11.8 Å². The average Bonchev–Trinajstić information content (AvgIpc) is 3.04. The van der Waals surface area contributed by atoms with Crippen molar-refractivity contribution in [2.75, 3.05) is 0 Å². The van der Waals surface area contributed by atoms with Gasteiger partial charge in [-0.1, -0.05) is 36.0 Å². The van der Waals surface area contributed by atoms with Gasteiger partial charge in [0.15, 0.2) is 10.8 Å². The highest BCUT2D eigenvalue weighted by Crippen LogP contribution is 2.40. The molecule has 0 saturated heterocycles. The van der Waals surface area contributed by atoms with E-state index in [-0.39, 0.29) is 16.9 Å². The van der Waals surface area contributed by atoms with E-state index in [1.165, 1.54) is 36.0 Å². The minimum atomic E-state index is -0.301. The Bertz CT molecular complexity index is 1050. The highest BCUT2D eigenvalue weighted by Gasteiger charge is 2.20. The van der Waals surface area contributed by atoms with E-state index in [1.54, 1.807) is 24.3 Å². The molecule has 0 fully saturated rings. The Morgan fingerprint density at radius 2 is 1.41 bits per heavy atom. The van der Waals surface area contributed by atoms with Gasteiger partial charge in [-0.15, -0.1) is 10.2 Å². The highest BCUT2D eigenvalue weighted by molar-refractivity contribution is 7.99. The molecule has 0 amide bonds. The zero-order valence-electron chi connectivity index (χ0n) is 14.7. The third-order valence-corrected chi connectivity index (χ3v) is 5.48. The predicted octanol–water partition coefficient (Wildman–Crippen LogP) is 4.90. The first-order valence-corrected chi connectivity index (χ1v) is 9.26. The third-order valence-electron chi connectivity index (χ3n) is 4.23. The summed E-state index contributed by atoms with van der Waals surface area (Å²) >= 11 is 1.47. The van der Waals surface area contributed by atoms with Gasteiger partial charge >= 0.3 is 0 Å². The molecule has 0 saturated carbocycles. The lowest BCUT2D eigenvalue weighted by molar-refractivity contribution is 0.626. The molecule has 2 aromatic heterocycles. The molecule has 0 aliphatic heterocycles. The van der Waals surface area contributed by atoms with Crippen molar-refractivity contribution in [3.63, 3.8) is 0 Å². The summed E-state index contributed by atoms with van der Waals surface area (Å²) in [7, 11) is 0. The fourth-order valence-corrected chi connectivity index (χ4v) is 4.21. The fraction of sp³-hybridized carbons (Fsp3) is 0.150. The number of hydrogen-bond donors (Lipinski definition) is 0. The maximum absolute atomic E-state index is 13.4. The van der Waals surface area contributed by atoms with Crippen molar-refractivity contribution in [2.45, 2.75) is 24.3 Å². The number of rotatable bonds is 4. The molecule has 0 bridgehead atoms. The molecule has 4 aromatic rings. The molecule has 0 atom stereocenters. The number of fused-ring (bicyclic) bond motifs is 1. The summed E-state index contributed by atoms with van der Waals surface area (Å²) in [6.07, 6.45) is 0. The quantitative estimate of drug-likeness (QED) is 0.471. The van der Waals surface area contributed by atoms with E-state index in [4.69, 9.17) is 0 Å². The SMILES string of the molecule is Cc1cc2nnc(SC(c3ccc(F)cc3)c3ccc(F)cc3)n2c(C)n1. The number of hydrogen-bond acceptors (Lipinski definition) is 4. The van der Waals surface area contributed by atoms with Gasteiger partial charge in [0.25, 0.3) is 0 Å². The molecule has 7 heteroatoms. The van der Waals surface area contributed by atoms with Crippen LogP contribution in [0.5, 0.6) is 0 Å². The first-order valence-electron chi connectivity index (χ1n) is 8.38. The molecule has 4 rings (SSSR count). The first kappa shape index (κ1) is 17.6. The van der Waals surface area contributed by atoms with Gasteiger partial charge in [-0.25, -0.2) is 13.8 Å². The van der Waals surface area contributed by atoms with Crippen LogP contribution in [-0.4, -0.2) is 19.6 Å². The van der Waals surface area contributed by atoms with Crippen LogP contribution < -0.4 is 0 Å². The zero-order chi connectivity index (χ0) is 19.0. The fourth-order valence-electron chi connectivity index (χ4n) is 2.99. The number of aryl methyl sites for hydroxylation is 2. The Hall–Kier alpha value is -2.80. The lowest BCUT2D eigenvalue weighted by Crippen LogP contribution is -2.02. The predicted molar refractivity (Wildman–Crippen MR) is 101 cm³/mol. The van der Waals surface area contributed by atoms with Crippen LogP contribution in [0.25, 0.3) is 5.65 Å². The summed E-state index contributed by atoms with van der Waals surface area (Å²) in [4.78, 5) is 4.48.